The van der Waals surface area contributed by atoms with E-state index in [1.807, 2.05) is 32.9 Å². The molecule has 1 heterocycles. The molecule has 0 aliphatic heterocycles. The van der Waals surface area contributed by atoms with Gasteiger partial charge in [0, 0.05) is 17.3 Å². The molecule has 2 aromatic carbocycles. The van der Waals surface area contributed by atoms with E-state index < -0.39 is 23.8 Å². The number of carbonyl (C=O) groups excluding carboxylic acids is 1. The Labute approximate surface area is 210 Å². The molecule has 35 heavy (non-hydrogen) atoms. The fourth-order valence-corrected chi connectivity index (χ4v) is 4.20. The molecule has 0 radical (unpaired) electrons. The van der Waals surface area contributed by atoms with Gasteiger partial charge in [-0.1, -0.05) is 35.5 Å². The van der Waals surface area contributed by atoms with Gasteiger partial charge in [0.15, 0.2) is 17.1 Å². The summed E-state index contributed by atoms with van der Waals surface area (Å²) in [6, 6.07) is 8.15. The topological polar surface area (TPSA) is 69.0 Å². The molecule has 0 saturated heterocycles. The number of aromatic nitrogens is 3. The Morgan fingerprint density at radius 2 is 1.94 bits per heavy atom. The zero-order chi connectivity index (χ0) is 25.8. The largest absolute Gasteiger partial charge is 0.483 e. The highest BCUT2D eigenvalue weighted by atomic mass is 35.5. The highest BCUT2D eigenvalue weighted by Gasteiger charge is 2.30. The molecule has 1 amide bonds. The van der Waals surface area contributed by atoms with Crippen LogP contribution in [-0.2, 0) is 17.5 Å². The summed E-state index contributed by atoms with van der Waals surface area (Å²) in [4.78, 5) is 12.4. The monoisotopic (exact) mass is 524 g/mol. The Morgan fingerprint density at radius 3 is 2.57 bits per heavy atom. The third-order valence-electron chi connectivity index (χ3n) is 4.95. The van der Waals surface area contributed by atoms with E-state index in [2.05, 4.69) is 22.1 Å². The number of nitrogens with zero attached hydrogens (tertiary/aromatic N) is 3. The van der Waals surface area contributed by atoms with Crippen molar-refractivity contribution in [3.63, 3.8) is 0 Å². The van der Waals surface area contributed by atoms with Gasteiger partial charge in [0.2, 0.25) is 5.91 Å². The van der Waals surface area contributed by atoms with Gasteiger partial charge in [-0.15, -0.1) is 16.8 Å². The molecule has 0 bridgehead atoms. The van der Waals surface area contributed by atoms with Crippen LogP contribution in [0.3, 0.4) is 0 Å². The molecule has 0 fully saturated rings. The fraction of sp³-hybridized carbons (Fsp3) is 0.292. The van der Waals surface area contributed by atoms with Crippen LogP contribution < -0.4 is 10.1 Å². The van der Waals surface area contributed by atoms with E-state index in [0.29, 0.717) is 28.3 Å². The van der Waals surface area contributed by atoms with Crippen LogP contribution in [-0.4, -0.2) is 26.4 Å². The second-order valence-corrected chi connectivity index (χ2v) is 9.11. The van der Waals surface area contributed by atoms with Crippen molar-refractivity contribution in [1.82, 2.24) is 14.8 Å². The molecule has 1 atom stereocenters. The summed E-state index contributed by atoms with van der Waals surface area (Å²) in [5.41, 5.74) is 1.02. The lowest BCUT2D eigenvalue weighted by atomic mass is 10.1. The minimum absolute atomic E-state index is 0.0641. The van der Waals surface area contributed by atoms with E-state index >= 15 is 0 Å². The Balaban J connectivity index is 1.69. The molecule has 1 aromatic heterocycles. The number of hydrogen-bond acceptors (Lipinski definition) is 5. The molecule has 3 rings (SSSR count). The summed E-state index contributed by atoms with van der Waals surface area (Å²) in [6.45, 7) is 9.76. The van der Waals surface area contributed by atoms with Gasteiger partial charge in [-0.25, -0.2) is 0 Å². The maximum absolute atomic E-state index is 12.9. The predicted molar refractivity (Wildman–Crippen MR) is 131 cm³/mol. The van der Waals surface area contributed by atoms with Crippen LogP contribution in [0.4, 0.5) is 18.9 Å². The molecule has 1 N–H and O–H groups in total. The van der Waals surface area contributed by atoms with Gasteiger partial charge in [0.25, 0.3) is 0 Å². The molecule has 6 nitrogen and oxygen atoms in total. The van der Waals surface area contributed by atoms with Crippen LogP contribution >= 0.6 is 23.4 Å². The number of ether oxygens (including phenoxy) is 1. The minimum atomic E-state index is -4.49. The van der Waals surface area contributed by atoms with Crippen LogP contribution in [0, 0.1) is 13.8 Å². The molecule has 0 aliphatic rings. The first-order chi connectivity index (χ1) is 16.5. The summed E-state index contributed by atoms with van der Waals surface area (Å²) in [7, 11) is 0. The number of rotatable bonds is 9. The zero-order valence-electron chi connectivity index (χ0n) is 19.3. The Hall–Kier alpha value is -2.98. The minimum Gasteiger partial charge on any atom is -0.483 e. The van der Waals surface area contributed by atoms with Crippen molar-refractivity contribution in [2.24, 2.45) is 0 Å². The Morgan fingerprint density at radius 1 is 1.26 bits per heavy atom. The van der Waals surface area contributed by atoms with Gasteiger partial charge in [0.1, 0.15) is 5.75 Å². The van der Waals surface area contributed by atoms with Crippen molar-refractivity contribution in [3.8, 4) is 5.75 Å². The standard InChI is InChI=1S/C24H24ClF3N4O2S/c1-5-9-32-22(16(4)34-19-10-14(2)21(25)15(3)11-19)30-31-23(32)35-13-20(33)29-18-8-6-7-17(12-18)24(26,27)28/h5-8,10-12,16H,1,9,13H2,2-4H3,(H,29,33). The van der Waals surface area contributed by atoms with Gasteiger partial charge in [0.05, 0.1) is 11.3 Å². The SMILES string of the molecule is C=CCn1c(SCC(=O)Nc2cccc(C(F)(F)F)c2)nnc1C(C)Oc1cc(C)c(Cl)c(C)c1. The summed E-state index contributed by atoms with van der Waals surface area (Å²) >= 11 is 7.34. The number of thioether (sulfide) groups is 1. The third kappa shape index (κ3) is 6.79. The van der Waals surface area contributed by atoms with Crippen molar-refractivity contribution in [2.45, 2.75) is 44.8 Å². The van der Waals surface area contributed by atoms with Crippen molar-refractivity contribution < 1.29 is 22.7 Å². The molecular formula is C24H24ClF3N4O2S. The number of halogens is 4. The predicted octanol–water partition coefficient (Wildman–Crippen LogP) is 6.62. The third-order valence-corrected chi connectivity index (χ3v) is 6.51. The number of aryl methyl sites for hydroxylation is 2. The summed E-state index contributed by atoms with van der Waals surface area (Å²) in [5.74, 6) is 0.632. The fourth-order valence-electron chi connectivity index (χ4n) is 3.34. The number of benzene rings is 2. The van der Waals surface area contributed by atoms with Gasteiger partial charge in [-0.2, -0.15) is 13.2 Å². The van der Waals surface area contributed by atoms with Gasteiger partial charge < -0.3 is 10.1 Å². The summed E-state index contributed by atoms with van der Waals surface area (Å²) in [6.07, 6.45) is -3.28. The second kappa shape index (κ2) is 11.2. The van der Waals surface area contributed by atoms with E-state index in [0.717, 1.165) is 35.0 Å². The normalized spacial score (nSPS) is 12.3. The van der Waals surface area contributed by atoms with E-state index in [4.69, 9.17) is 16.3 Å². The molecule has 0 saturated carbocycles. The Bertz CT molecular complexity index is 1210. The lowest BCUT2D eigenvalue weighted by Crippen LogP contribution is -2.16. The van der Waals surface area contributed by atoms with Crippen molar-refractivity contribution in [3.05, 3.63) is 76.6 Å². The molecular weight excluding hydrogens is 501 g/mol. The number of carbonyl (C=O) groups is 1. The van der Waals surface area contributed by atoms with Crippen LogP contribution in [0.5, 0.6) is 5.75 Å². The summed E-state index contributed by atoms with van der Waals surface area (Å²) < 4.78 is 46.5. The van der Waals surface area contributed by atoms with Crippen molar-refractivity contribution in [2.75, 3.05) is 11.1 Å². The summed E-state index contributed by atoms with van der Waals surface area (Å²) in [5, 5.41) is 12.0. The molecule has 11 heteroatoms. The number of hydrogen-bond donors (Lipinski definition) is 1. The van der Waals surface area contributed by atoms with E-state index in [1.54, 1.807) is 10.6 Å². The van der Waals surface area contributed by atoms with Gasteiger partial charge in [-0.05, 0) is 62.2 Å². The highest BCUT2D eigenvalue weighted by molar-refractivity contribution is 7.99. The maximum Gasteiger partial charge on any atom is 0.416 e. The quantitative estimate of drug-likeness (QED) is 0.251. The number of amides is 1. The second-order valence-electron chi connectivity index (χ2n) is 7.79. The van der Waals surface area contributed by atoms with Crippen molar-refractivity contribution in [1.29, 1.82) is 0 Å². The Kier molecular flexibility index (Phi) is 8.50. The van der Waals surface area contributed by atoms with E-state index in [1.165, 1.54) is 12.1 Å². The first kappa shape index (κ1) is 26.6. The molecule has 1 unspecified atom stereocenters. The number of anilines is 1. The average molecular weight is 525 g/mol. The molecule has 0 spiro atoms. The van der Waals surface area contributed by atoms with Gasteiger partial charge >= 0.3 is 6.18 Å². The molecule has 186 valence electrons. The van der Waals surface area contributed by atoms with Gasteiger partial charge in [-0.3, -0.25) is 9.36 Å². The van der Waals surface area contributed by atoms with Crippen LogP contribution in [0.25, 0.3) is 0 Å². The lowest BCUT2D eigenvalue weighted by Gasteiger charge is -2.17. The number of alkyl halides is 3. The lowest BCUT2D eigenvalue weighted by molar-refractivity contribution is -0.137. The maximum atomic E-state index is 12.9. The number of nitrogens with one attached hydrogen (secondary N) is 1. The smallest absolute Gasteiger partial charge is 0.416 e. The molecule has 3 aromatic rings. The highest BCUT2D eigenvalue weighted by Crippen LogP contribution is 2.31. The van der Waals surface area contributed by atoms with Crippen molar-refractivity contribution >= 4 is 35.0 Å². The van der Waals surface area contributed by atoms with Crippen LogP contribution in [0.2, 0.25) is 5.02 Å². The first-order valence-corrected chi connectivity index (χ1v) is 11.9. The van der Waals surface area contributed by atoms with E-state index in [-0.39, 0.29) is 11.4 Å². The zero-order valence-corrected chi connectivity index (χ0v) is 20.9. The average Bonchev–Trinajstić information content (AvgIpc) is 3.18. The molecule has 0 aliphatic carbocycles. The first-order valence-electron chi connectivity index (χ1n) is 10.6. The van der Waals surface area contributed by atoms with E-state index in [9.17, 15) is 18.0 Å². The number of allylic oxidation sites excluding steroid dienone is 1. The van der Waals surface area contributed by atoms with Crippen LogP contribution in [0.15, 0.2) is 54.2 Å². The van der Waals surface area contributed by atoms with Crippen LogP contribution in [0.1, 0.15) is 35.5 Å².